The number of aromatic amines is 1. The molecule has 0 unspecified atom stereocenters. The molecular formula is C15H13N3O3S. The van der Waals surface area contributed by atoms with Crippen LogP contribution in [0.5, 0.6) is 0 Å². The van der Waals surface area contributed by atoms with E-state index in [9.17, 15) is 8.42 Å². The SMILES string of the molecule is O=S(=O)(ON1CCc2ccccc21)c1ccc2nc[nH]c2c1. The van der Waals surface area contributed by atoms with E-state index in [2.05, 4.69) is 9.97 Å². The molecule has 0 atom stereocenters. The van der Waals surface area contributed by atoms with Gasteiger partial charge in [0.25, 0.3) is 0 Å². The largest absolute Gasteiger partial charge is 0.345 e. The Bertz CT molecular complexity index is 949. The standard InChI is InChI=1S/C15H13N3O3S/c19-22(20,12-5-6-13-14(9-12)17-10-16-13)21-18-8-7-11-3-1-2-4-15(11)18/h1-6,9-10H,7-8H2,(H,16,17). The molecule has 6 nitrogen and oxygen atoms in total. The van der Waals surface area contributed by atoms with Gasteiger partial charge in [-0.3, -0.25) is 0 Å². The molecule has 2 aromatic carbocycles. The number of imidazole rings is 1. The summed E-state index contributed by atoms with van der Waals surface area (Å²) in [7, 11) is -3.88. The second-order valence-electron chi connectivity index (χ2n) is 5.09. The van der Waals surface area contributed by atoms with E-state index in [4.69, 9.17) is 4.28 Å². The first-order valence-electron chi connectivity index (χ1n) is 6.87. The van der Waals surface area contributed by atoms with Crippen molar-refractivity contribution in [3.63, 3.8) is 0 Å². The number of hydroxylamine groups is 1. The molecule has 0 saturated carbocycles. The van der Waals surface area contributed by atoms with Gasteiger partial charge in [0.2, 0.25) is 0 Å². The molecular weight excluding hydrogens is 302 g/mol. The third kappa shape index (κ3) is 2.15. The Morgan fingerprint density at radius 2 is 2.05 bits per heavy atom. The van der Waals surface area contributed by atoms with Crippen LogP contribution in [0.1, 0.15) is 5.56 Å². The van der Waals surface area contributed by atoms with Crippen molar-refractivity contribution in [1.29, 1.82) is 0 Å². The van der Waals surface area contributed by atoms with Gasteiger partial charge in [0.15, 0.2) is 0 Å². The zero-order valence-electron chi connectivity index (χ0n) is 11.6. The number of anilines is 1. The maximum Gasteiger partial charge on any atom is 0.317 e. The lowest BCUT2D eigenvalue weighted by molar-refractivity contribution is 0.292. The zero-order chi connectivity index (χ0) is 15.2. The Morgan fingerprint density at radius 1 is 1.18 bits per heavy atom. The number of rotatable bonds is 3. The number of aromatic nitrogens is 2. The molecule has 0 radical (unpaired) electrons. The molecule has 0 spiro atoms. The second kappa shape index (κ2) is 4.82. The molecule has 2 heterocycles. The minimum Gasteiger partial charge on any atom is -0.345 e. The van der Waals surface area contributed by atoms with Gasteiger partial charge in [0, 0.05) is 0 Å². The Morgan fingerprint density at radius 3 is 2.95 bits per heavy atom. The first-order valence-corrected chi connectivity index (χ1v) is 8.27. The van der Waals surface area contributed by atoms with Gasteiger partial charge in [-0.15, -0.1) is 4.28 Å². The number of benzene rings is 2. The number of nitrogens with zero attached hydrogens (tertiary/aromatic N) is 2. The van der Waals surface area contributed by atoms with Crippen LogP contribution in [-0.2, 0) is 20.8 Å². The molecule has 0 saturated heterocycles. The van der Waals surface area contributed by atoms with Crippen LogP contribution in [0, 0.1) is 0 Å². The van der Waals surface area contributed by atoms with E-state index in [1.165, 1.54) is 23.5 Å². The zero-order valence-corrected chi connectivity index (χ0v) is 12.4. The molecule has 7 heteroatoms. The number of hydrogen-bond acceptors (Lipinski definition) is 5. The average Bonchev–Trinajstić information content (AvgIpc) is 3.13. The molecule has 3 aromatic rings. The minimum absolute atomic E-state index is 0.105. The van der Waals surface area contributed by atoms with E-state index in [0.717, 1.165) is 17.7 Å². The maximum atomic E-state index is 12.5. The van der Waals surface area contributed by atoms with Crippen LogP contribution in [0.3, 0.4) is 0 Å². The minimum atomic E-state index is -3.88. The van der Waals surface area contributed by atoms with Crippen LogP contribution >= 0.6 is 0 Å². The maximum absolute atomic E-state index is 12.5. The van der Waals surface area contributed by atoms with Gasteiger partial charge in [-0.05, 0) is 36.2 Å². The summed E-state index contributed by atoms with van der Waals surface area (Å²) in [6.45, 7) is 0.519. The number of nitrogens with one attached hydrogen (secondary N) is 1. The van der Waals surface area contributed by atoms with E-state index in [1.807, 2.05) is 24.3 Å². The van der Waals surface area contributed by atoms with Crippen LogP contribution in [0.4, 0.5) is 5.69 Å². The van der Waals surface area contributed by atoms with Crippen molar-refractivity contribution in [2.75, 3.05) is 11.6 Å². The molecule has 4 rings (SSSR count). The van der Waals surface area contributed by atoms with E-state index >= 15 is 0 Å². The summed E-state index contributed by atoms with van der Waals surface area (Å²) >= 11 is 0. The third-order valence-corrected chi connectivity index (χ3v) is 4.92. The van der Waals surface area contributed by atoms with Gasteiger partial charge in [-0.1, -0.05) is 18.2 Å². The quantitative estimate of drug-likeness (QED) is 0.802. The summed E-state index contributed by atoms with van der Waals surface area (Å²) in [4.78, 5) is 7.08. The van der Waals surface area contributed by atoms with Gasteiger partial charge in [-0.2, -0.15) is 8.42 Å². The molecule has 1 aromatic heterocycles. The van der Waals surface area contributed by atoms with Gasteiger partial charge < -0.3 is 4.98 Å². The van der Waals surface area contributed by atoms with Crippen molar-refractivity contribution < 1.29 is 12.7 Å². The monoisotopic (exact) mass is 315 g/mol. The van der Waals surface area contributed by atoms with Crippen molar-refractivity contribution in [2.45, 2.75) is 11.3 Å². The predicted octanol–water partition coefficient (Wildman–Crippen LogP) is 2.25. The number of H-pyrrole nitrogens is 1. The summed E-state index contributed by atoms with van der Waals surface area (Å²) in [5.74, 6) is 0. The van der Waals surface area contributed by atoms with E-state index in [0.29, 0.717) is 17.6 Å². The summed E-state index contributed by atoms with van der Waals surface area (Å²) in [5.41, 5.74) is 3.26. The fraction of sp³-hybridized carbons (Fsp3) is 0.133. The van der Waals surface area contributed by atoms with Gasteiger partial charge in [0.1, 0.15) is 0 Å². The van der Waals surface area contributed by atoms with Gasteiger partial charge >= 0.3 is 10.1 Å². The van der Waals surface area contributed by atoms with Gasteiger partial charge in [0.05, 0.1) is 34.5 Å². The summed E-state index contributed by atoms with van der Waals surface area (Å²) in [6, 6.07) is 12.3. The highest BCUT2D eigenvalue weighted by Gasteiger charge is 2.26. The van der Waals surface area contributed by atoms with E-state index in [-0.39, 0.29) is 4.90 Å². The normalized spacial score (nSPS) is 14.5. The molecule has 1 aliphatic rings. The lowest BCUT2D eigenvalue weighted by atomic mass is 10.2. The molecule has 0 bridgehead atoms. The Kier molecular flexibility index (Phi) is 2.91. The molecule has 0 fully saturated rings. The Balaban J connectivity index is 1.67. The highest BCUT2D eigenvalue weighted by Crippen LogP contribution is 2.30. The molecule has 1 aliphatic heterocycles. The first-order chi connectivity index (χ1) is 10.6. The first kappa shape index (κ1) is 13.3. The van der Waals surface area contributed by atoms with Crippen LogP contribution in [0.15, 0.2) is 53.7 Å². The molecule has 0 amide bonds. The molecule has 0 aliphatic carbocycles. The van der Waals surface area contributed by atoms with Crippen molar-refractivity contribution in [1.82, 2.24) is 9.97 Å². The summed E-state index contributed by atoms with van der Waals surface area (Å²) in [6.07, 6.45) is 2.30. The van der Waals surface area contributed by atoms with Crippen molar-refractivity contribution in [3.8, 4) is 0 Å². The average molecular weight is 315 g/mol. The van der Waals surface area contributed by atoms with Crippen molar-refractivity contribution in [3.05, 3.63) is 54.4 Å². The van der Waals surface area contributed by atoms with Crippen molar-refractivity contribution in [2.24, 2.45) is 0 Å². The molecule has 22 heavy (non-hydrogen) atoms. The van der Waals surface area contributed by atoms with Crippen LogP contribution < -0.4 is 5.06 Å². The highest BCUT2D eigenvalue weighted by atomic mass is 32.2. The summed E-state index contributed by atoms with van der Waals surface area (Å²) < 4.78 is 30.2. The number of fused-ring (bicyclic) bond motifs is 2. The Hall–Kier alpha value is -2.38. The van der Waals surface area contributed by atoms with E-state index < -0.39 is 10.1 Å². The smallest absolute Gasteiger partial charge is 0.317 e. The summed E-state index contributed by atoms with van der Waals surface area (Å²) in [5, 5.41) is 1.43. The van der Waals surface area contributed by atoms with Crippen LogP contribution in [0.2, 0.25) is 0 Å². The lowest BCUT2D eigenvalue weighted by Gasteiger charge is -2.17. The van der Waals surface area contributed by atoms with Crippen LogP contribution in [0.25, 0.3) is 11.0 Å². The van der Waals surface area contributed by atoms with Crippen LogP contribution in [-0.4, -0.2) is 24.9 Å². The predicted molar refractivity (Wildman–Crippen MR) is 81.9 cm³/mol. The van der Waals surface area contributed by atoms with Crippen molar-refractivity contribution >= 4 is 26.8 Å². The Labute approximate surface area is 127 Å². The fourth-order valence-corrected chi connectivity index (χ4v) is 3.59. The van der Waals surface area contributed by atoms with Gasteiger partial charge in [-0.25, -0.2) is 10.0 Å². The topological polar surface area (TPSA) is 75.3 Å². The second-order valence-corrected chi connectivity index (χ2v) is 6.62. The lowest BCUT2D eigenvalue weighted by Crippen LogP contribution is -2.25. The highest BCUT2D eigenvalue weighted by molar-refractivity contribution is 7.86. The fourth-order valence-electron chi connectivity index (χ4n) is 2.62. The number of hydrogen-bond donors (Lipinski definition) is 1. The number of para-hydroxylation sites is 1. The molecule has 1 N–H and O–H groups in total. The third-order valence-electron chi connectivity index (χ3n) is 3.71. The molecule has 112 valence electrons. The van der Waals surface area contributed by atoms with E-state index in [1.54, 1.807) is 6.07 Å².